The number of nitrogen functional groups attached to an aromatic ring is 1. The first kappa shape index (κ1) is 11.3. The Morgan fingerprint density at radius 2 is 1.94 bits per heavy atom. The molecule has 2 aliphatic rings. The minimum absolute atomic E-state index is 0.0186. The van der Waals surface area contributed by atoms with Crippen LogP contribution < -0.4 is 10.7 Å². The highest BCUT2D eigenvalue weighted by Gasteiger charge is 2.36. The number of carbonyl (C=O) groups excluding carboxylic acids is 1. The maximum atomic E-state index is 12.4. The molecule has 1 unspecified atom stereocenters. The van der Waals surface area contributed by atoms with E-state index in [1.165, 1.54) is 6.42 Å². The van der Waals surface area contributed by atoms with E-state index in [1.54, 1.807) is 17.1 Å². The number of anilines is 2. The van der Waals surface area contributed by atoms with Crippen molar-refractivity contribution in [1.82, 2.24) is 0 Å². The van der Waals surface area contributed by atoms with E-state index in [1.807, 2.05) is 12.1 Å². The molecule has 94 valence electrons. The first-order valence-corrected chi connectivity index (χ1v) is 6.52. The fraction of sp³-hybridized carbons (Fsp3) is 0.429. The quantitative estimate of drug-likeness (QED) is 0.770. The summed E-state index contributed by atoms with van der Waals surface area (Å²) < 4.78 is 0. The van der Waals surface area contributed by atoms with Crippen LogP contribution >= 0.6 is 0 Å². The lowest BCUT2D eigenvalue weighted by atomic mass is 9.98. The van der Waals surface area contributed by atoms with Gasteiger partial charge in [0, 0.05) is 5.69 Å². The largest absolute Gasteiger partial charge is 0.399 e. The second kappa shape index (κ2) is 4.44. The van der Waals surface area contributed by atoms with Gasteiger partial charge in [-0.25, -0.2) is 5.01 Å². The number of fused-ring (bicyclic) bond motifs is 1. The van der Waals surface area contributed by atoms with Gasteiger partial charge in [0.1, 0.15) is 0 Å². The Morgan fingerprint density at radius 3 is 2.72 bits per heavy atom. The average Bonchev–Trinajstić information content (AvgIpc) is 2.57. The normalized spacial score (nSPS) is 23.6. The third kappa shape index (κ3) is 1.88. The van der Waals surface area contributed by atoms with Crippen molar-refractivity contribution >= 4 is 23.0 Å². The second-order valence-corrected chi connectivity index (χ2v) is 4.98. The Labute approximate surface area is 106 Å². The molecule has 1 aliphatic heterocycles. The van der Waals surface area contributed by atoms with Crippen LogP contribution in [0.25, 0.3) is 0 Å². The summed E-state index contributed by atoms with van der Waals surface area (Å²) in [7, 11) is 0. The molecule has 1 aromatic carbocycles. The van der Waals surface area contributed by atoms with Crippen molar-refractivity contribution in [3.63, 3.8) is 0 Å². The molecular formula is C14H17N3O. The maximum Gasteiger partial charge on any atom is 0.256 e. The molecule has 0 spiro atoms. The molecule has 1 amide bonds. The van der Waals surface area contributed by atoms with Gasteiger partial charge in [0.2, 0.25) is 0 Å². The van der Waals surface area contributed by atoms with Crippen molar-refractivity contribution in [2.45, 2.75) is 32.1 Å². The van der Waals surface area contributed by atoms with Crippen molar-refractivity contribution in [3.05, 3.63) is 24.3 Å². The minimum atomic E-state index is 0.0186. The molecule has 0 bridgehead atoms. The Kier molecular flexibility index (Phi) is 2.78. The number of benzene rings is 1. The lowest BCUT2D eigenvalue weighted by Gasteiger charge is -2.14. The molecule has 1 atom stereocenters. The smallest absolute Gasteiger partial charge is 0.256 e. The molecule has 4 heteroatoms. The van der Waals surface area contributed by atoms with Gasteiger partial charge in [-0.3, -0.25) is 4.79 Å². The van der Waals surface area contributed by atoms with Gasteiger partial charge in [0.25, 0.3) is 5.91 Å². The molecule has 1 aromatic rings. The predicted octanol–water partition coefficient (Wildman–Crippen LogP) is 2.55. The zero-order valence-electron chi connectivity index (χ0n) is 10.3. The topological polar surface area (TPSA) is 58.7 Å². The van der Waals surface area contributed by atoms with Crippen LogP contribution in [0.3, 0.4) is 0 Å². The lowest BCUT2D eigenvalue weighted by molar-refractivity contribution is -0.119. The number of hydrogen-bond donors (Lipinski definition) is 1. The summed E-state index contributed by atoms with van der Waals surface area (Å²) in [5, 5.41) is 6.06. The molecule has 1 saturated carbocycles. The Hall–Kier alpha value is -1.84. The summed E-state index contributed by atoms with van der Waals surface area (Å²) in [4.78, 5) is 12.4. The number of nitrogens with zero attached hydrogens (tertiary/aromatic N) is 2. The van der Waals surface area contributed by atoms with Gasteiger partial charge in [-0.2, -0.15) is 5.10 Å². The van der Waals surface area contributed by atoms with E-state index in [0.717, 1.165) is 37.1 Å². The summed E-state index contributed by atoms with van der Waals surface area (Å²) in [6.45, 7) is 0. The highest BCUT2D eigenvalue weighted by molar-refractivity contribution is 6.15. The monoisotopic (exact) mass is 243 g/mol. The second-order valence-electron chi connectivity index (χ2n) is 4.98. The van der Waals surface area contributed by atoms with E-state index in [0.29, 0.717) is 5.69 Å². The van der Waals surface area contributed by atoms with Gasteiger partial charge in [0.15, 0.2) is 0 Å². The number of carbonyl (C=O) groups is 1. The first-order valence-electron chi connectivity index (χ1n) is 6.52. The van der Waals surface area contributed by atoms with Crippen LogP contribution in [0.2, 0.25) is 0 Å². The van der Waals surface area contributed by atoms with E-state index in [2.05, 4.69) is 5.10 Å². The zero-order valence-corrected chi connectivity index (χ0v) is 10.3. The molecule has 1 aliphatic carbocycles. The van der Waals surface area contributed by atoms with Crippen LogP contribution in [0, 0.1) is 5.92 Å². The molecule has 4 nitrogen and oxygen atoms in total. The number of hydrazone groups is 1. The first-order chi connectivity index (χ1) is 8.75. The van der Waals surface area contributed by atoms with Crippen LogP contribution in [0.1, 0.15) is 32.1 Å². The van der Waals surface area contributed by atoms with E-state index < -0.39 is 0 Å². The van der Waals surface area contributed by atoms with E-state index in [-0.39, 0.29) is 11.8 Å². The fourth-order valence-electron chi connectivity index (χ4n) is 2.68. The number of rotatable bonds is 1. The molecule has 1 fully saturated rings. The van der Waals surface area contributed by atoms with Crippen LogP contribution in [-0.2, 0) is 4.79 Å². The summed E-state index contributed by atoms with van der Waals surface area (Å²) in [6, 6.07) is 7.30. The van der Waals surface area contributed by atoms with Gasteiger partial charge in [-0.15, -0.1) is 0 Å². The van der Waals surface area contributed by atoms with Gasteiger partial charge in [-0.05, 0) is 43.5 Å². The van der Waals surface area contributed by atoms with Gasteiger partial charge < -0.3 is 5.73 Å². The average molecular weight is 243 g/mol. The van der Waals surface area contributed by atoms with Crippen molar-refractivity contribution in [2.24, 2.45) is 11.0 Å². The molecule has 0 radical (unpaired) electrons. The highest BCUT2D eigenvalue weighted by atomic mass is 16.2. The third-order valence-electron chi connectivity index (χ3n) is 3.70. The van der Waals surface area contributed by atoms with Crippen molar-refractivity contribution in [2.75, 3.05) is 10.7 Å². The molecule has 0 aromatic heterocycles. The maximum absolute atomic E-state index is 12.4. The molecule has 0 saturated heterocycles. The third-order valence-corrected chi connectivity index (χ3v) is 3.70. The summed E-state index contributed by atoms with van der Waals surface area (Å²) in [5.74, 6) is 0.140. The van der Waals surface area contributed by atoms with Gasteiger partial charge >= 0.3 is 0 Å². The van der Waals surface area contributed by atoms with Crippen molar-refractivity contribution in [3.8, 4) is 0 Å². The number of hydrogen-bond acceptors (Lipinski definition) is 3. The Balaban J connectivity index is 1.90. The lowest BCUT2D eigenvalue weighted by Crippen LogP contribution is -2.27. The Morgan fingerprint density at radius 1 is 1.17 bits per heavy atom. The highest BCUT2D eigenvalue weighted by Crippen LogP contribution is 2.31. The zero-order chi connectivity index (χ0) is 12.5. The van der Waals surface area contributed by atoms with Gasteiger partial charge in [0.05, 0.1) is 17.3 Å². The Bertz CT molecular complexity index is 492. The molecule has 18 heavy (non-hydrogen) atoms. The van der Waals surface area contributed by atoms with E-state index in [4.69, 9.17) is 5.73 Å². The van der Waals surface area contributed by atoms with Crippen molar-refractivity contribution < 1.29 is 4.79 Å². The SMILES string of the molecule is Nc1ccc(N2N=C3CCCCCC3C2=O)cc1. The van der Waals surface area contributed by atoms with Crippen molar-refractivity contribution in [1.29, 1.82) is 0 Å². The van der Waals surface area contributed by atoms with E-state index >= 15 is 0 Å². The minimum Gasteiger partial charge on any atom is -0.399 e. The van der Waals surface area contributed by atoms with Crippen LogP contribution in [0.15, 0.2) is 29.4 Å². The molecule has 2 N–H and O–H groups in total. The predicted molar refractivity (Wildman–Crippen MR) is 72.4 cm³/mol. The number of nitrogens with two attached hydrogens (primary N) is 1. The molecular weight excluding hydrogens is 226 g/mol. The van der Waals surface area contributed by atoms with Crippen LogP contribution in [-0.4, -0.2) is 11.6 Å². The van der Waals surface area contributed by atoms with Crippen LogP contribution in [0.5, 0.6) is 0 Å². The summed E-state index contributed by atoms with van der Waals surface area (Å²) in [5.41, 5.74) is 8.24. The number of amides is 1. The van der Waals surface area contributed by atoms with Gasteiger partial charge in [-0.1, -0.05) is 12.8 Å². The fourth-order valence-corrected chi connectivity index (χ4v) is 2.68. The van der Waals surface area contributed by atoms with E-state index in [9.17, 15) is 4.79 Å². The summed E-state index contributed by atoms with van der Waals surface area (Å²) in [6.07, 6.45) is 5.40. The standard InChI is InChI=1S/C14H17N3O/c15-10-6-8-11(9-7-10)17-14(18)12-4-2-1-3-5-13(12)16-17/h6-9,12H,1-5,15H2. The molecule has 1 heterocycles. The summed E-state index contributed by atoms with van der Waals surface area (Å²) >= 11 is 0. The van der Waals surface area contributed by atoms with Crippen LogP contribution in [0.4, 0.5) is 11.4 Å². The molecule has 3 rings (SSSR count).